The Kier molecular flexibility index (Phi) is 5.19. The molecule has 4 atom stereocenters. The van der Waals surface area contributed by atoms with Crippen molar-refractivity contribution in [1.29, 1.82) is 0 Å². The van der Waals surface area contributed by atoms with Crippen molar-refractivity contribution in [1.82, 2.24) is 4.90 Å². The van der Waals surface area contributed by atoms with Crippen molar-refractivity contribution in [3.63, 3.8) is 0 Å². The van der Waals surface area contributed by atoms with Crippen molar-refractivity contribution in [3.8, 4) is 5.75 Å². The van der Waals surface area contributed by atoms with Gasteiger partial charge in [0.25, 0.3) is 0 Å². The van der Waals surface area contributed by atoms with Crippen LogP contribution in [0.5, 0.6) is 5.75 Å². The smallest absolute Gasteiger partial charge is 0.228 e. The molecule has 4 fully saturated rings. The van der Waals surface area contributed by atoms with Crippen LogP contribution < -0.4 is 15.0 Å². The number of anilines is 2. The highest BCUT2D eigenvalue weighted by Crippen LogP contribution is 2.69. The normalized spacial score (nSPS) is 32.9. The summed E-state index contributed by atoms with van der Waals surface area (Å²) in [6.07, 6.45) is 5.29. The molecule has 3 aliphatic carbocycles. The van der Waals surface area contributed by atoms with Crippen LogP contribution in [0.4, 0.5) is 11.4 Å². The molecule has 0 radical (unpaired) electrons. The number of hydrogen-bond donors (Lipinski definition) is 1. The number of rotatable bonds is 7. The van der Waals surface area contributed by atoms with Gasteiger partial charge in [-0.15, -0.1) is 0 Å². The van der Waals surface area contributed by atoms with Gasteiger partial charge < -0.3 is 15.0 Å². The number of hydrogen-bond acceptors (Lipinski definition) is 4. The predicted octanol–water partition coefficient (Wildman–Crippen LogP) is 3.85. The molecular formula is C24H35N3O2. The lowest BCUT2D eigenvalue weighted by Gasteiger charge is -2.36. The van der Waals surface area contributed by atoms with E-state index >= 15 is 0 Å². The molecule has 3 saturated carbocycles. The summed E-state index contributed by atoms with van der Waals surface area (Å²) in [6, 6.07) is 6.31. The summed E-state index contributed by atoms with van der Waals surface area (Å²) in [5.41, 5.74) is 2.03. The minimum Gasteiger partial charge on any atom is -0.492 e. The van der Waals surface area contributed by atoms with E-state index in [2.05, 4.69) is 34.2 Å². The predicted molar refractivity (Wildman–Crippen MR) is 116 cm³/mol. The van der Waals surface area contributed by atoms with Gasteiger partial charge in [0.1, 0.15) is 5.75 Å². The maximum atomic E-state index is 13.0. The fourth-order valence-corrected chi connectivity index (χ4v) is 6.52. The van der Waals surface area contributed by atoms with Crippen LogP contribution in [0.15, 0.2) is 18.2 Å². The largest absolute Gasteiger partial charge is 0.492 e. The summed E-state index contributed by atoms with van der Waals surface area (Å²) in [5.74, 6) is 4.26. The van der Waals surface area contributed by atoms with E-state index in [4.69, 9.17) is 4.74 Å². The van der Waals surface area contributed by atoms with E-state index in [0.29, 0.717) is 18.4 Å². The molecule has 0 unspecified atom stereocenters. The van der Waals surface area contributed by atoms with E-state index in [1.165, 1.54) is 37.9 Å². The third kappa shape index (κ3) is 3.52. The van der Waals surface area contributed by atoms with Gasteiger partial charge in [-0.2, -0.15) is 0 Å². The number of carbonyl (C=O) groups is 1. The van der Waals surface area contributed by atoms with Crippen LogP contribution >= 0.6 is 0 Å². The SMILES string of the molecule is CCCN1CCN(c2ccc(NC(=O)C3[C@@H]4[C@H]5CC[C@@H](C5)[C@@H]34)c(OCC)c2)CC1. The first-order chi connectivity index (χ1) is 14.2. The fourth-order valence-electron chi connectivity index (χ4n) is 6.52. The summed E-state index contributed by atoms with van der Waals surface area (Å²) >= 11 is 0. The Morgan fingerprint density at radius 1 is 1.10 bits per heavy atom. The zero-order chi connectivity index (χ0) is 20.0. The highest BCUT2D eigenvalue weighted by atomic mass is 16.5. The minimum absolute atomic E-state index is 0.221. The second-order valence-corrected chi connectivity index (χ2v) is 9.45. The van der Waals surface area contributed by atoms with Gasteiger partial charge in [0.15, 0.2) is 0 Å². The molecule has 29 heavy (non-hydrogen) atoms. The van der Waals surface area contributed by atoms with Gasteiger partial charge in [0.05, 0.1) is 12.3 Å². The minimum atomic E-state index is 0.221. The standard InChI is InChI=1S/C24H35N3O2/c1-3-9-26-10-12-27(13-11-26)18-7-8-19(20(15-18)29-4-2)25-24(28)23-21-16-5-6-17(14-16)22(21)23/h7-8,15-17,21-23H,3-6,9-14H2,1-2H3,(H,25,28)/t16-,17-,21+,22+/m0/s1. The molecule has 1 aromatic carbocycles. The van der Waals surface area contributed by atoms with Gasteiger partial charge in [0, 0.05) is 43.9 Å². The summed E-state index contributed by atoms with van der Waals surface area (Å²) in [7, 11) is 0. The highest BCUT2D eigenvalue weighted by Gasteiger charge is 2.67. The number of piperazine rings is 1. The first-order valence-corrected chi connectivity index (χ1v) is 11.7. The quantitative estimate of drug-likeness (QED) is 0.759. The Hall–Kier alpha value is -1.75. The van der Waals surface area contributed by atoms with Crippen LogP contribution in [0.2, 0.25) is 0 Å². The molecule has 1 aliphatic heterocycles. The molecule has 2 bridgehead atoms. The Bertz CT molecular complexity index is 742. The number of nitrogens with one attached hydrogen (secondary N) is 1. The van der Waals surface area contributed by atoms with Crippen molar-refractivity contribution >= 4 is 17.3 Å². The Balaban J connectivity index is 1.25. The molecule has 1 amide bonds. The van der Waals surface area contributed by atoms with Crippen LogP contribution in [0.25, 0.3) is 0 Å². The van der Waals surface area contributed by atoms with Crippen molar-refractivity contribution < 1.29 is 9.53 Å². The van der Waals surface area contributed by atoms with E-state index in [9.17, 15) is 4.79 Å². The van der Waals surface area contributed by atoms with Crippen molar-refractivity contribution in [2.24, 2.45) is 29.6 Å². The Morgan fingerprint density at radius 2 is 1.83 bits per heavy atom. The fraction of sp³-hybridized carbons (Fsp3) is 0.708. The average Bonchev–Trinajstić information content (AvgIpc) is 3.18. The molecule has 0 aromatic heterocycles. The van der Waals surface area contributed by atoms with Gasteiger partial charge >= 0.3 is 0 Å². The summed E-state index contributed by atoms with van der Waals surface area (Å²) < 4.78 is 5.93. The molecule has 4 aliphatic rings. The van der Waals surface area contributed by atoms with Gasteiger partial charge in [-0.05, 0) is 75.0 Å². The van der Waals surface area contributed by atoms with E-state index in [1.54, 1.807) is 0 Å². The molecule has 158 valence electrons. The number of nitrogens with zero attached hydrogens (tertiary/aromatic N) is 2. The highest BCUT2D eigenvalue weighted by molar-refractivity contribution is 5.96. The van der Waals surface area contributed by atoms with Crippen LogP contribution in [0.3, 0.4) is 0 Å². The van der Waals surface area contributed by atoms with E-state index in [-0.39, 0.29) is 11.8 Å². The van der Waals surface area contributed by atoms with Crippen molar-refractivity contribution in [2.75, 3.05) is 49.5 Å². The van der Waals surface area contributed by atoms with E-state index in [1.807, 2.05) is 13.0 Å². The average molecular weight is 398 g/mol. The van der Waals surface area contributed by atoms with Gasteiger partial charge in [0.2, 0.25) is 5.91 Å². The van der Waals surface area contributed by atoms with E-state index in [0.717, 1.165) is 49.5 Å². The summed E-state index contributed by atoms with van der Waals surface area (Å²) in [6.45, 7) is 10.4. The number of amides is 1. The molecule has 5 rings (SSSR count). The van der Waals surface area contributed by atoms with Crippen LogP contribution in [0.1, 0.15) is 39.5 Å². The lowest BCUT2D eigenvalue weighted by molar-refractivity contribution is -0.118. The Morgan fingerprint density at radius 3 is 2.48 bits per heavy atom. The zero-order valence-electron chi connectivity index (χ0n) is 17.9. The molecule has 1 aromatic rings. The summed E-state index contributed by atoms with van der Waals surface area (Å²) in [5, 5.41) is 3.22. The zero-order valence-corrected chi connectivity index (χ0v) is 17.9. The number of carbonyl (C=O) groups excluding carboxylic acids is 1. The summed E-state index contributed by atoms with van der Waals surface area (Å²) in [4.78, 5) is 17.9. The maximum Gasteiger partial charge on any atom is 0.228 e. The van der Waals surface area contributed by atoms with Crippen LogP contribution in [-0.2, 0) is 4.79 Å². The lowest BCUT2D eigenvalue weighted by Crippen LogP contribution is -2.46. The van der Waals surface area contributed by atoms with Crippen LogP contribution in [-0.4, -0.2) is 50.1 Å². The van der Waals surface area contributed by atoms with Crippen molar-refractivity contribution in [2.45, 2.75) is 39.5 Å². The van der Waals surface area contributed by atoms with Crippen LogP contribution in [0, 0.1) is 29.6 Å². The topological polar surface area (TPSA) is 44.8 Å². The molecule has 1 saturated heterocycles. The first-order valence-electron chi connectivity index (χ1n) is 11.7. The molecule has 5 nitrogen and oxygen atoms in total. The van der Waals surface area contributed by atoms with Gasteiger partial charge in [-0.3, -0.25) is 9.69 Å². The third-order valence-corrected chi connectivity index (χ3v) is 7.84. The first kappa shape index (κ1) is 19.2. The molecule has 5 heteroatoms. The second-order valence-electron chi connectivity index (χ2n) is 9.45. The number of fused-ring (bicyclic) bond motifs is 5. The lowest BCUT2D eigenvalue weighted by atomic mass is 10.0. The van der Waals surface area contributed by atoms with Gasteiger partial charge in [-0.25, -0.2) is 0 Å². The maximum absolute atomic E-state index is 13.0. The number of benzene rings is 1. The molecular weight excluding hydrogens is 362 g/mol. The third-order valence-electron chi connectivity index (χ3n) is 7.84. The number of ether oxygens (including phenoxy) is 1. The second kappa shape index (κ2) is 7.82. The monoisotopic (exact) mass is 397 g/mol. The Labute approximate surface area is 174 Å². The molecule has 0 spiro atoms. The van der Waals surface area contributed by atoms with Crippen molar-refractivity contribution in [3.05, 3.63) is 18.2 Å². The van der Waals surface area contributed by atoms with E-state index < -0.39 is 0 Å². The molecule has 1 heterocycles. The van der Waals surface area contributed by atoms with Gasteiger partial charge in [-0.1, -0.05) is 6.92 Å². The molecule has 1 N–H and O–H groups in total.